The van der Waals surface area contributed by atoms with Crippen LogP contribution in [0.25, 0.3) is 11.2 Å². The van der Waals surface area contributed by atoms with Gasteiger partial charge in [-0.2, -0.15) is 4.98 Å². The lowest BCUT2D eigenvalue weighted by molar-refractivity contribution is -0.234. The number of nitrogens with zero attached hydrogens (tertiary/aromatic N) is 4. The summed E-state index contributed by atoms with van der Waals surface area (Å²) in [5.41, 5.74) is 0.220. The Morgan fingerprint density at radius 1 is 0.841 bits per heavy atom. The van der Waals surface area contributed by atoms with E-state index in [2.05, 4.69) is 20.2 Å². The molecule has 14 nitrogen and oxygen atoms in total. The number of aromatic amines is 1. The highest BCUT2D eigenvalue weighted by molar-refractivity contribution is 5.91. The van der Waals surface area contributed by atoms with Crippen molar-refractivity contribution < 1.29 is 33.3 Å². The largest absolute Gasteiger partial charge is 0.497 e. The van der Waals surface area contributed by atoms with Crippen LogP contribution < -0.4 is 20.3 Å². The molecular weight excluding hydrogens is 801 g/mol. The summed E-state index contributed by atoms with van der Waals surface area (Å²) in [6, 6.07) is 34.7. The van der Waals surface area contributed by atoms with E-state index in [1.807, 2.05) is 84.9 Å². The van der Waals surface area contributed by atoms with Gasteiger partial charge in [-0.25, -0.2) is 9.78 Å². The van der Waals surface area contributed by atoms with Gasteiger partial charge in [0.15, 0.2) is 17.4 Å². The van der Waals surface area contributed by atoms with Crippen LogP contribution in [0.15, 0.2) is 120 Å². The van der Waals surface area contributed by atoms with Gasteiger partial charge in [0.25, 0.3) is 5.56 Å². The molecule has 1 aliphatic carbocycles. The number of methoxy groups -OCH3 is 2. The number of benzene rings is 4. The summed E-state index contributed by atoms with van der Waals surface area (Å²) in [7, 11) is 3.26. The number of nitrogens with one attached hydrogen (secondary N) is 2. The number of aromatic nitrogens is 4. The zero-order chi connectivity index (χ0) is 44.0. The maximum Gasteiger partial charge on any atom is 0.338 e. The van der Waals surface area contributed by atoms with E-state index in [1.54, 1.807) is 63.2 Å². The van der Waals surface area contributed by atoms with Crippen LogP contribution in [0, 0.1) is 5.92 Å². The van der Waals surface area contributed by atoms with E-state index in [-0.39, 0.29) is 48.2 Å². The molecule has 0 radical (unpaired) electrons. The van der Waals surface area contributed by atoms with Gasteiger partial charge in [-0.3, -0.25) is 29.4 Å². The Morgan fingerprint density at radius 3 is 2.05 bits per heavy atom. The van der Waals surface area contributed by atoms with Crippen LogP contribution in [0.3, 0.4) is 0 Å². The van der Waals surface area contributed by atoms with Crippen LogP contribution in [0.5, 0.6) is 11.5 Å². The second-order valence-corrected chi connectivity index (χ2v) is 16.6. The average Bonchev–Trinajstić information content (AvgIpc) is 3.77. The Hall–Kier alpha value is -6.35. The molecule has 1 saturated heterocycles. The van der Waals surface area contributed by atoms with Gasteiger partial charge >= 0.3 is 5.97 Å². The summed E-state index contributed by atoms with van der Waals surface area (Å²) >= 11 is 0. The van der Waals surface area contributed by atoms with E-state index in [1.165, 1.54) is 0 Å². The van der Waals surface area contributed by atoms with Crippen LogP contribution in [-0.4, -0.2) is 88.5 Å². The number of morpholine rings is 1. The summed E-state index contributed by atoms with van der Waals surface area (Å²) in [6.07, 6.45) is 6.03. The molecule has 2 N–H and O–H groups in total. The topological polar surface area (TPSA) is 159 Å². The molecule has 3 heterocycles. The quantitative estimate of drug-likeness (QED) is 0.0778. The summed E-state index contributed by atoms with van der Waals surface area (Å²) in [5.74, 6) is 0.233. The molecule has 0 spiro atoms. The number of carbonyl (C=O) groups is 2. The fourth-order valence-corrected chi connectivity index (χ4v) is 8.69. The van der Waals surface area contributed by atoms with E-state index in [0.29, 0.717) is 30.2 Å². The second kappa shape index (κ2) is 19.0. The first-order chi connectivity index (χ1) is 30.6. The van der Waals surface area contributed by atoms with Gasteiger partial charge in [-0.15, -0.1) is 0 Å². The highest BCUT2D eigenvalue weighted by atomic mass is 16.6. The third-order valence-corrected chi connectivity index (χ3v) is 12.1. The highest BCUT2D eigenvalue weighted by Gasteiger charge is 2.49. The lowest BCUT2D eigenvalue weighted by Crippen LogP contribution is -2.61. The molecule has 8 rings (SSSR count). The molecule has 2 aliphatic rings. The molecule has 0 unspecified atom stereocenters. The number of imidazole rings is 1. The minimum atomic E-state index is -1.30. The highest BCUT2D eigenvalue weighted by Crippen LogP contribution is 2.44. The zero-order valence-electron chi connectivity index (χ0n) is 36.1. The monoisotopic (exact) mass is 854 g/mol. The number of ether oxygens (including phenoxy) is 5. The van der Waals surface area contributed by atoms with Gasteiger partial charge in [0.1, 0.15) is 29.3 Å². The second-order valence-electron chi connectivity index (χ2n) is 16.6. The number of hydrogen-bond donors (Lipinski definition) is 2. The van der Waals surface area contributed by atoms with E-state index < -0.39 is 29.0 Å². The van der Waals surface area contributed by atoms with Crippen molar-refractivity contribution in [2.45, 2.75) is 69.4 Å². The fraction of sp³-hybridized carbons (Fsp3) is 0.367. The number of anilines is 1. The third kappa shape index (κ3) is 9.24. The maximum atomic E-state index is 13.8. The van der Waals surface area contributed by atoms with Crippen LogP contribution >= 0.6 is 0 Å². The fourth-order valence-electron chi connectivity index (χ4n) is 8.69. The van der Waals surface area contributed by atoms with Crippen molar-refractivity contribution in [2.75, 3.05) is 45.8 Å². The zero-order valence-corrected chi connectivity index (χ0v) is 36.1. The van der Waals surface area contributed by atoms with Crippen LogP contribution in [-0.2, 0) is 24.6 Å². The van der Waals surface area contributed by atoms with Crippen molar-refractivity contribution in [3.63, 3.8) is 0 Å². The number of rotatable bonds is 15. The Bertz CT molecular complexity index is 2490. The average molecular weight is 855 g/mol. The first kappa shape index (κ1) is 43.3. The maximum absolute atomic E-state index is 13.8. The minimum Gasteiger partial charge on any atom is -0.497 e. The third-order valence-electron chi connectivity index (χ3n) is 12.1. The van der Waals surface area contributed by atoms with Gasteiger partial charge in [0.2, 0.25) is 11.9 Å². The van der Waals surface area contributed by atoms with E-state index in [4.69, 9.17) is 28.7 Å². The molecule has 2 aromatic heterocycles. The van der Waals surface area contributed by atoms with Crippen molar-refractivity contribution in [2.24, 2.45) is 5.92 Å². The molecular formula is C49H54N6O8. The lowest BCUT2D eigenvalue weighted by Gasteiger charge is -2.50. The van der Waals surface area contributed by atoms with Crippen LogP contribution in [0.2, 0.25) is 0 Å². The van der Waals surface area contributed by atoms with Crippen LogP contribution in [0.4, 0.5) is 5.95 Å². The summed E-state index contributed by atoms with van der Waals surface area (Å²) in [6.45, 7) is 4.07. The predicted octanol–water partition coefficient (Wildman–Crippen LogP) is 7.50. The van der Waals surface area contributed by atoms with Crippen LogP contribution in [0.1, 0.15) is 79.2 Å². The predicted molar refractivity (Wildman–Crippen MR) is 238 cm³/mol. The van der Waals surface area contributed by atoms with Gasteiger partial charge in [-0.05, 0) is 65.9 Å². The van der Waals surface area contributed by atoms with Gasteiger partial charge in [-0.1, -0.05) is 106 Å². The summed E-state index contributed by atoms with van der Waals surface area (Å²) in [5, 5.41) is 2.73. The number of amides is 1. The molecule has 6 aromatic rings. The normalized spacial score (nSPS) is 18.6. The molecule has 14 heteroatoms. The van der Waals surface area contributed by atoms with Crippen molar-refractivity contribution >= 4 is 29.0 Å². The van der Waals surface area contributed by atoms with Crippen molar-refractivity contribution in [3.05, 3.63) is 148 Å². The molecule has 4 aromatic carbocycles. The Morgan fingerprint density at radius 2 is 1.44 bits per heavy atom. The molecule has 1 amide bonds. The first-order valence-electron chi connectivity index (χ1n) is 21.5. The van der Waals surface area contributed by atoms with Gasteiger partial charge in [0, 0.05) is 25.0 Å². The molecule has 328 valence electrons. The standard InChI is InChI=1S/C49H54N6O8/c1-33(2)44(56)52-47-51-43-42(45(57)53-47)50-32-55(43)41-28-54(38-18-12-7-13-19-38)29-48(63-41,30-61-46(58)34-14-8-5-9-15-34)31-62-49(35-16-10-6-11-17-35,36-20-24-39(59-3)25-21-36)37-22-26-40(60-4)27-23-37/h5-6,8-11,14-17,20-27,32-33,38,41H,7,12-13,18-19,28-31H2,1-4H3,(H2,51,52,53,56,57)/t41-,48+/m1/s1. The SMILES string of the molecule is COc1ccc(C(OC[C@@]2(COC(=O)c3ccccc3)CN(C3CCCCC3)C[C@H](n3cnc4c(=O)[nH]c(NC(=O)C(C)C)nc43)O2)(c2ccccc2)c2ccc(OC)cc2)cc1. The number of fused-ring (bicyclic) bond motifs is 1. The molecule has 1 aliphatic heterocycles. The number of hydrogen-bond acceptors (Lipinski definition) is 11. The number of carbonyl (C=O) groups excluding carboxylic acids is 2. The van der Waals surface area contributed by atoms with E-state index >= 15 is 0 Å². The molecule has 2 atom stereocenters. The Kier molecular flexibility index (Phi) is 13.0. The van der Waals surface area contributed by atoms with Crippen molar-refractivity contribution in [3.8, 4) is 11.5 Å². The summed E-state index contributed by atoms with van der Waals surface area (Å²) in [4.78, 5) is 54.3. The van der Waals surface area contributed by atoms with E-state index in [9.17, 15) is 14.4 Å². The smallest absolute Gasteiger partial charge is 0.338 e. The Labute approximate surface area is 366 Å². The van der Waals surface area contributed by atoms with Crippen molar-refractivity contribution in [1.82, 2.24) is 24.4 Å². The van der Waals surface area contributed by atoms with Crippen molar-refractivity contribution in [1.29, 1.82) is 0 Å². The van der Waals surface area contributed by atoms with Gasteiger partial charge < -0.3 is 23.7 Å². The van der Waals surface area contributed by atoms with Gasteiger partial charge in [0.05, 0.1) is 32.7 Å². The lowest BCUT2D eigenvalue weighted by atomic mass is 9.79. The first-order valence-corrected chi connectivity index (χ1v) is 21.5. The molecule has 2 fully saturated rings. The molecule has 1 saturated carbocycles. The molecule has 63 heavy (non-hydrogen) atoms. The number of esters is 1. The molecule has 0 bridgehead atoms. The minimum absolute atomic E-state index is 0.00547. The summed E-state index contributed by atoms with van der Waals surface area (Å²) < 4.78 is 34.0. The van der Waals surface area contributed by atoms with E-state index in [0.717, 1.165) is 48.8 Å². The number of H-pyrrole nitrogens is 1. The Balaban J connectivity index is 1.27.